The standard InChI is InChI=1S/C21H20ClN3O2/c22-18-9-3-1-6-15(18)12-20(26)24-11-5-7-16(13-24)25-14-23-19-10-4-2-8-17(19)21(25)27/h1-4,6,8-10,14,16H,5,7,11-13H2. The number of rotatable bonds is 3. The Kier molecular flexibility index (Phi) is 4.94. The molecular weight excluding hydrogens is 362 g/mol. The van der Waals surface area contributed by atoms with Crippen LogP contribution in [0.4, 0.5) is 0 Å². The summed E-state index contributed by atoms with van der Waals surface area (Å²) in [6, 6.07) is 14.7. The number of benzene rings is 2. The fraction of sp³-hybridized carbons (Fsp3) is 0.286. The first kappa shape index (κ1) is 17.7. The van der Waals surface area contributed by atoms with E-state index in [0.29, 0.717) is 29.0 Å². The van der Waals surface area contributed by atoms with E-state index in [2.05, 4.69) is 4.98 Å². The smallest absolute Gasteiger partial charge is 0.261 e. The van der Waals surface area contributed by atoms with Gasteiger partial charge in [-0.1, -0.05) is 41.9 Å². The molecule has 0 aliphatic carbocycles. The lowest BCUT2D eigenvalue weighted by molar-refractivity contribution is -0.132. The van der Waals surface area contributed by atoms with Gasteiger partial charge < -0.3 is 4.90 Å². The first-order chi connectivity index (χ1) is 13.1. The third-order valence-electron chi connectivity index (χ3n) is 5.13. The summed E-state index contributed by atoms with van der Waals surface area (Å²) in [6.45, 7) is 1.22. The molecule has 3 aromatic rings. The molecule has 0 bridgehead atoms. The zero-order chi connectivity index (χ0) is 18.8. The van der Waals surface area contributed by atoms with Crippen molar-refractivity contribution in [3.8, 4) is 0 Å². The number of para-hydroxylation sites is 1. The highest BCUT2D eigenvalue weighted by molar-refractivity contribution is 6.31. The summed E-state index contributed by atoms with van der Waals surface area (Å²) in [5.74, 6) is 0.0367. The number of hydrogen-bond acceptors (Lipinski definition) is 3. The third-order valence-corrected chi connectivity index (χ3v) is 5.50. The number of likely N-dealkylation sites (tertiary alicyclic amines) is 1. The minimum Gasteiger partial charge on any atom is -0.340 e. The normalized spacial score (nSPS) is 17.2. The maximum atomic E-state index is 12.8. The van der Waals surface area contributed by atoms with Crippen LogP contribution in [-0.4, -0.2) is 33.4 Å². The molecule has 2 aromatic carbocycles. The molecule has 27 heavy (non-hydrogen) atoms. The highest BCUT2D eigenvalue weighted by Crippen LogP contribution is 2.23. The Morgan fingerprint density at radius 2 is 1.93 bits per heavy atom. The Bertz CT molecular complexity index is 1050. The van der Waals surface area contributed by atoms with Crippen molar-refractivity contribution in [2.24, 2.45) is 0 Å². The van der Waals surface area contributed by atoms with Crippen molar-refractivity contribution in [2.45, 2.75) is 25.3 Å². The Hall–Kier alpha value is -2.66. The molecule has 0 radical (unpaired) electrons. The molecule has 1 aliphatic heterocycles. The van der Waals surface area contributed by atoms with E-state index >= 15 is 0 Å². The van der Waals surface area contributed by atoms with Gasteiger partial charge in [-0.3, -0.25) is 14.2 Å². The Labute approximate surface area is 162 Å². The van der Waals surface area contributed by atoms with Gasteiger partial charge in [0, 0.05) is 18.1 Å². The number of nitrogens with zero attached hydrogens (tertiary/aromatic N) is 3. The van der Waals surface area contributed by atoms with Gasteiger partial charge in [0.2, 0.25) is 5.91 Å². The van der Waals surface area contributed by atoms with Gasteiger partial charge in [-0.25, -0.2) is 4.98 Å². The molecule has 1 aromatic heterocycles. The Morgan fingerprint density at radius 3 is 2.78 bits per heavy atom. The van der Waals surface area contributed by atoms with Crippen LogP contribution in [0.15, 0.2) is 59.7 Å². The Morgan fingerprint density at radius 1 is 1.15 bits per heavy atom. The number of hydrogen-bond donors (Lipinski definition) is 0. The molecule has 1 aliphatic rings. The van der Waals surface area contributed by atoms with Crippen molar-refractivity contribution in [1.82, 2.24) is 14.5 Å². The Balaban J connectivity index is 1.55. The van der Waals surface area contributed by atoms with Gasteiger partial charge in [0.05, 0.1) is 29.7 Å². The lowest BCUT2D eigenvalue weighted by atomic mass is 10.0. The van der Waals surface area contributed by atoms with E-state index < -0.39 is 0 Å². The molecule has 1 saturated heterocycles. The van der Waals surface area contributed by atoms with Crippen LogP contribution >= 0.6 is 11.6 Å². The van der Waals surface area contributed by atoms with Crippen LogP contribution in [0.5, 0.6) is 0 Å². The number of fused-ring (bicyclic) bond motifs is 1. The molecular formula is C21H20ClN3O2. The van der Waals surface area contributed by atoms with E-state index in [4.69, 9.17) is 11.6 Å². The summed E-state index contributed by atoms with van der Waals surface area (Å²) < 4.78 is 1.68. The number of amides is 1. The van der Waals surface area contributed by atoms with E-state index in [1.54, 1.807) is 23.0 Å². The lowest BCUT2D eigenvalue weighted by Crippen LogP contribution is -2.43. The van der Waals surface area contributed by atoms with Gasteiger partial charge in [0.15, 0.2) is 0 Å². The quantitative estimate of drug-likeness (QED) is 0.698. The largest absolute Gasteiger partial charge is 0.340 e. The van der Waals surface area contributed by atoms with Crippen LogP contribution in [0.3, 0.4) is 0 Å². The summed E-state index contributed by atoms with van der Waals surface area (Å²) >= 11 is 6.18. The van der Waals surface area contributed by atoms with Gasteiger partial charge in [-0.2, -0.15) is 0 Å². The van der Waals surface area contributed by atoms with Gasteiger partial charge in [-0.15, -0.1) is 0 Å². The van der Waals surface area contributed by atoms with Crippen molar-refractivity contribution < 1.29 is 4.79 Å². The second kappa shape index (κ2) is 7.53. The van der Waals surface area contributed by atoms with Crippen LogP contribution in [0.1, 0.15) is 24.4 Å². The predicted molar refractivity (Wildman–Crippen MR) is 106 cm³/mol. The van der Waals surface area contributed by atoms with Crippen LogP contribution in [0, 0.1) is 0 Å². The van der Waals surface area contributed by atoms with Crippen molar-refractivity contribution >= 4 is 28.4 Å². The van der Waals surface area contributed by atoms with Crippen molar-refractivity contribution in [3.05, 3.63) is 75.8 Å². The van der Waals surface area contributed by atoms with E-state index in [-0.39, 0.29) is 23.9 Å². The molecule has 5 nitrogen and oxygen atoms in total. The summed E-state index contributed by atoms with van der Waals surface area (Å²) in [5, 5.41) is 1.22. The molecule has 1 fully saturated rings. The molecule has 138 valence electrons. The number of carbonyl (C=O) groups is 1. The zero-order valence-electron chi connectivity index (χ0n) is 14.8. The van der Waals surface area contributed by atoms with E-state index in [1.807, 2.05) is 41.3 Å². The third kappa shape index (κ3) is 3.60. The molecule has 1 unspecified atom stereocenters. The second-order valence-electron chi connectivity index (χ2n) is 6.88. The van der Waals surface area contributed by atoms with Crippen LogP contribution in [0.25, 0.3) is 10.9 Å². The lowest BCUT2D eigenvalue weighted by Gasteiger charge is -2.33. The fourth-order valence-electron chi connectivity index (χ4n) is 3.67. The van der Waals surface area contributed by atoms with Gasteiger partial charge in [0.25, 0.3) is 5.56 Å². The summed E-state index contributed by atoms with van der Waals surface area (Å²) in [7, 11) is 0. The average Bonchev–Trinajstić information content (AvgIpc) is 2.70. The molecule has 4 rings (SSSR count). The molecule has 6 heteroatoms. The molecule has 0 saturated carbocycles. The maximum absolute atomic E-state index is 12.8. The van der Waals surface area contributed by atoms with Gasteiger partial charge in [0.1, 0.15) is 0 Å². The number of aromatic nitrogens is 2. The topological polar surface area (TPSA) is 55.2 Å². The SMILES string of the molecule is O=C(Cc1ccccc1Cl)N1CCCC(n2cnc3ccccc3c2=O)C1. The molecule has 0 N–H and O–H groups in total. The van der Waals surface area contributed by atoms with E-state index in [1.165, 1.54) is 0 Å². The maximum Gasteiger partial charge on any atom is 0.261 e. The highest BCUT2D eigenvalue weighted by atomic mass is 35.5. The van der Waals surface area contributed by atoms with Crippen LogP contribution in [-0.2, 0) is 11.2 Å². The molecule has 1 atom stereocenters. The summed E-state index contributed by atoms with van der Waals surface area (Å²) in [5.41, 5.74) is 1.48. The number of halogens is 1. The summed E-state index contributed by atoms with van der Waals surface area (Å²) in [4.78, 5) is 31.8. The molecule has 1 amide bonds. The van der Waals surface area contributed by atoms with Crippen molar-refractivity contribution in [1.29, 1.82) is 0 Å². The minimum atomic E-state index is -0.0569. The predicted octanol–water partition coefficient (Wildman–Crippen LogP) is 3.46. The van der Waals surface area contributed by atoms with Crippen molar-refractivity contribution in [3.63, 3.8) is 0 Å². The van der Waals surface area contributed by atoms with E-state index in [9.17, 15) is 9.59 Å². The minimum absolute atomic E-state index is 0.0367. The molecule has 0 spiro atoms. The first-order valence-electron chi connectivity index (χ1n) is 9.10. The van der Waals surface area contributed by atoms with Crippen LogP contribution in [0.2, 0.25) is 5.02 Å². The fourth-order valence-corrected chi connectivity index (χ4v) is 3.87. The van der Waals surface area contributed by atoms with Crippen molar-refractivity contribution in [2.75, 3.05) is 13.1 Å². The monoisotopic (exact) mass is 381 g/mol. The molecule has 2 heterocycles. The van der Waals surface area contributed by atoms with E-state index in [0.717, 1.165) is 18.4 Å². The highest BCUT2D eigenvalue weighted by Gasteiger charge is 2.26. The summed E-state index contributed by atoms with van der Waals surface area (Å²) in [6.07, 6.45) is 3.60. The number of carbonyl (C=O) groups excluding carboxylic acids is 1. The van der Waals surface area contributed by atoms with Gasteiger partial charge in [-0.05, 0) is 36.6 Å². The van der Waals surface area contributed by atoms with Gasteiger partial charge >= 0.3 is 0 Å². The average molecular weight is 382 g/mol. The second-order valence-corrected chi connectivity index (χ2v) is 7.29. The number of piperidine rings is 1. The van der Waals surface area contributed by atoms with Crippen LogP contribution < -0.4 is 5.56 Å². The first-order valence-corrected chi connectivity index (χ1v) is 9.48. The zero-order valence-corrected chi connectivity index (χ0v) is 15.6.